The average molecular weight is 670 g/mol. The van der Waals surface area contributed by atoms with Gasteiger partial charge in [0.15, 0.2) is 6.29 Å². The minimum absolute atomic E-state index is 0.143. The molecule has 3 N–H and O–H groups in total. The molecule has 2 aliphatic heterocycles. The maximum Gasteiger partial charge on any atom is 0.229 e. The molecule has 6 rings (SSSR count). The van der Waals surface area contributed by atoms with Gasteiger partial charge in [-0.2, -0.15) is 4.98 Å². The van der Waals surface area contributed by atoms with Gasteiger partial charge in [-0.1, -0.05) is 18.2 Å². The van der Waals surface area contributed by atoms with Crippen molar-refractivity contribution in [2.75, 3.05) is 82.3 Å². The Morgan fingerprint density at radius 3 is 2.38 bits per heavy atom. The van der Waals surface area contributed by atoms with Crippen LogP contribution >= 0.6 is 7.14 Å². The molecule has 0 spiro atoms. The second-order valence-corrected chi connectivity index (χ2v) is 16.1. The fourth-order valence-corrected chi connectivity index (χ4v) is 7.67. The highest BCUT2D eigenvalue weighted by Gasteiger charge is 2.27. The fourth-order valence-electron chi connectivity index (χ4n) is 6.51. The lowest BCUT2D eigenvalue weighted by atomic mass is 10.0. The zero-order valence-corrected chi connectivity index (χ0v) is 28.9. The number of nitrogens with zero attached hydrogens (tertiary/aromatic N) is 5. The van der Waals surface area contributed by atoms with E-state index < -0.39 is 7.14 Å². The summed E-state index contributed by atoms with van der Waals surface area (Å²) in [4.78, 5) is 28.2. The van der Waals surface area contributed by atoms with Crippen molar-refractivity contribution in [3.05, 3.63) is 72.4 Å². The van der Waals surface area contributed by atoms with Crippen molar-refractivity contribution in [2.45, 2.75) is 18.9 Å². The number of hydrogen-bond acceptors (Lipinski definition) is 11. The van der Waals surface area contributed by atoms with Gasteiger partial charge in [-0.15, -0.1) is 0 Å². The molecule has 2 fully saturated rings. The van der Waals surface area contributed by atoms with Gasteiger partial charge in [-0.3, -0.25) is 9.69 Å². The summed E-state index contributed by atoms with van der Waals surface area (Å²) in [5, 5.41) is 17.8. The number of phenols is 1. The van der Waals surface area contributed by atoms with Crippen LogP contribution in [0.2, 0.25) is 0 Å². The van der Waals surface area contributed by atoms with E-state index >= 15 is 0 Å². The van der Waals surface area contributed by atoms with E-state index in [1.54, 1.807) is 38.8 Å². The second-order valence-electron chi connectivity index (χ2n) is 12.9. The third kappa shape index (κ3) is 7.49. The molecule has 0 unspecified atom stereocenters. The minimum atomic E-state index is -2.63. The molecule has 0 atom stereocenters. The van der Waals surface area contributed by atoms with Crippen molar-refractivity contribution < 1.29 is 19.2 Å². The number of carbonyl (C=O) groups excluding carboxylic acids is 1. The molecule has 0 saturated carbocycles. The van der Waals surface area contributed by atoms with Crippen LogP contribution in [0, 0.1) is 0 Å². The Kier molecular flexibility index (Phi) is 10.0. The summed E-state index contributed by atoms with van der Waals surface area (Å²) in [6.07, 6.45) is 4.55. The van der Waals surface area contributed by atoms with Crippen LogP contribution in [0.5, 0.6) is 11.5 Å². The molecule has 0 amide bonds. The van der Waals surface area contributed by atoms with E-state index in [1.807, 2.05) is 30.3 Å². The minimum Gasteiger partial charge on any atom is -0.507 e. The monoisotopic (exact) mass is 669 g/mol. The first kappa shape index (κ1) is 33.5. The maximum absolute atomic E-state index is 13.1. The zero-order chi connectivity index (χ0) is 33.8. The normalized spacial score (nSPS) is 16.5. The molecule has 1 aromatic heterocycles. The topological polar surface area (TPSA) is 123 Å². The Hall–Kier alpha value is -4.44. The molecule has 12 heteroatoms. The number of methoxy groups -OCH3 is 1. The molecule has 3 heterocycles. The van der Waals surface area contributed by atoms with Crippen molar-refractivity contribution in [2.24, 2.45) is 0 Å². The lowest BCUT2D eigenvalue weighted by Crippen LogP contribution is -2.52. The first-order valence-corrected chi connectivity index (χ1v) is 18.9. The van der Waals surface area contributed by atoms with Crippen LogP contribution in [-0.2, 0) is 4.57 Å². The lowest BCUT2D eigenvalue weighted by molar-refractivity contribution is 0.0982. The third-order valence-corrected chi connectivity index (χ3v) is 10.9. The Morgan fingerprint density at radius 1 is 0.938 bits per heavy atom. The van der Waals surface area contributed by atoms with Gasteiger partial charge >= 0.3 is 0 Å². The van der Waals surface area contributed by atoms with Gasteiger partial charge in [0, 0.05) is 74.1 Å². The van der Waals surface area contributed by atoms with Crippen molar-refractivity contribution in [1.29, 1.82) is 0 Å². The van der Waals surface area contributed by atoms with E-state index in [0.717, 1.165) is 57.8 Å². The van der Waals surface area contributed by atoms with Crippen LogP contribution in [0.25, 0.3) is 11.1 Å². The van der Waals surface area contributed by atoms with Gasteiger partial charge in [0.1, 0.15) is 24.5 Å². The van der Waals surface area contributed by atoms with E-state index in [2.05, 4.69) is 49.5 Å². The standard InChI is InChI=1S/C36H44N7O4P/c1-41-17-19-43(20-18-41)27-13-15-42(16-14-27)28-11-12-30(33(22-28)47-2)39-36-37-23-29(25-9-10-26(24-44)32(45)21-25)35(40-36)38-31-7-5-6-8-34(31)48(3,4)46/h5-12,21-24,27,45H,13-20H2,1-4H3,(H2,37,38,39,40). The summed E-state index contributed by atoms with van der Waals surface area (Å²) in [5.41, 5.74) is 3.87. The van der Waals surface area contributed by atoms with Crippen LogP contribution in [0.1, 0.15) is 23.2 Å². The molecule has 11 nitrogen and oxygen atoms in total. The summed E-state index contributed by atoms with van der Waals surface area (Å²) in [6.45, 7) is 10.0. The van der Waals surface area contributed by atoms with Crippen LogP contribution in [-0.4, -0.2) is 104 Å². The Morgan fingerprint density at radius 2 is 1.69 bits per heavy atom. The van der Waals surface area contributed by atoms with Gasteiger partial charge in [-0.25, -0.2) is 4.98 Å². The number of carbonyl (C=O) groups is 1. The number of benzene rings is 3. The first-order chi connectivity index (χ1) is 23.1. The second kappa shape index (κ2) is 14.4. The quantitative estimate of drug-likeness (QED) is 0.144. The van der Waals surface area contributed by atoms with Crippen molar-refractivity contribution in [1.82, 2.24) is 19.8 Å². The van der Waals surface area contributed by atoms with Gasteiger partial charge in [0.05, 0.1) is 24.0 Å². The van der Waals surface area contributed by atoms with E-state index in [0.29, 0.717) is 57.6 Å². The number of aromatic nitrogens is 2. The van der Waals surface area contributed by atoms with Crippen molar-refractivity contribution in [3.8, 4) is 22.6 Å². The lowest BCUT2D eigenvalue weighted by Gasteiger charge is -2.42. The number of aromatic hydroxyl groups is 1. The summed E-state index contributed by atoms with van der Waals surface area (Å²) in [7, 11) is 1.22. The summed E-state index contributed by atoms with van der Waals surface area (Å²) in [5.74, 6) is 1.29. The number of hydrogen-bond donors (Lipinski definition) is 3. The van der Waals surface area contributed by atoms with Crippen molar-refractivity contribution in [3.63, 3.8) is 0 Å². The molecule has 48 heavy (non-hydrogen) atoms. The number of likely N-dealkylation sites (N-methyl/N-ethyl adjacent to an activating group) is 1. The van der Waals surface area contributed by atoms with Crippen LogP contribution in [0.15, 0.2) is 66.9 Å². The number of piperazine rings is 1. The number of ether oxygens (including phenoxy) is 1. The third-order valence-electron chi connectivity index (χ3n) is 9.31. The molecule has 0 radical (unpaired) electrons. The average Bonchev–Trinajstić information content (AvgIpc) is 3.09. The smallest absolute Gasteiger partial charge is 0.229 e. The Bertz CT molecular complexity index is 1810. The SMILES string of the molecule is COc1cc(N2CCC(N3CCN(C)CC3)CC2)ccc1Nc1ncc(-c2ccc(C=O)c(O)c2)c(Nc2ccccc2P(C)(C)=O)n1. The number of phenolic OH excluding ortho intramolecular Hbond substituents is 1. The van der Waals surface area contributed by atoms with E-state index in [9.17, 15) is 14.5 Å². The number of rotatable bonds is 10. The highest BCUT2D eigenvalue weighted by molar-refractivity contribution is 7.70. The number of para-hydroxylation sites is 1. The number of anilines is 5. The first-order valence-electron chi connectivity index (χ1n) is 16.3. The van der Waals surface area contributed by atoms with Crippen LogP contribution in [0.3, 0.4) is 0 Å². The van der Waals surface area contributed by atoms with Crippen LogP contribution < -0.4 is 25.6 Å². The number of nitrogens with one attached hydrogen (secondary N) is 2. The summed E-state index contributed by atoms with van der Waals surface area (Å²) in [6, 6.07) is 19.0. The highest BCUT2D eigenvalue weighted by Crippen LogP contribution is 2.40. The predicted molar refractivity (Wildman–Crippen MR) is 194 cm³/mol. The Labute approximate surface area is 282 Å². The molecule has 2 aliphatic rings. The number of piperidine rings is 1. The molecule has 2 saturated heterocycles. The predicted octanol–water partition coefficient (Wildman–Crippen LogP) is 5.62. The van der Waals surface area contributed by atoms with Crippen molar-refractivity contribution >= 4 is 47.6 Å². The highest BCUT2D eigenvalue weighted by atomic mass is 31.2. The maximum atomic E-state index is 13.1. The van der Waals surface area contributed by atoms with Gasteiger partial charge in [0.2, 0.25) is 5.95 Å². The van der Waals surface area contributed by atoms with Gasteiger partial charge in [0.25, 0.3) is 0 Å². The molecule has 4 aromatic rings. The molecule has 0 aliphatic carbocycles. The van der Waals surface area contributed by atoms with Gasteiger partial charge < -0.3 is 34.8 Å². The summed E-state index contributed by atoms with van der Waals surface area (Å²) < 4.78 is 19.0. The molecular formula is C36H44N7O4P. The largest absolute Gasteiger partial charge is 0.507 e. The zero-order valence-electron chi connectivity index (χ0n) is 28.0. The molecule has 3 aromatic carbocycles. The van der Waals surface area contributed by atoms with Crippen LogP contribution in [0.4, 0.5) is 28.8 Å². The molecule has 252 valence electrons. The molecular weight excluding hydrogens is 625 g/mol. The number of aldehydes is 1. The van der Waals surface area contributed by atoms with E-state index in [1.165, 1.54) is 6.07 Å². The molecule has 0 bridgehead atoms. The van der Waals surface area contributed by atoms with E-state index in [-0.39, 0.29) is 11.3 Å². The van der Waals surface area contributed by atoms with E-state index in [4.69, 9.17) is 9.72 Å². The summed E-state index contributed by atoms with van der Waals surface area (Å²) >= 11 is 0. The Balaban J connectivity index is 1.25. The van der Waals surface area contributed by atoms with Gasteiger partial charge in [-0.05, 0) is 75.2 Å². The fraction of sp³-hybridized carbons (Fsp3) is 0.361.